The molecule has 4 aromatic heterocycles. The summed E-state index contributed by atoms with van der Waals surface area (Å²) in [6.07, 6.45) is 5.68. The Bertz CT molecular complexity index is 3160. The number of fused-ring (bicyclic) bond motifs is 5. The standard InChI is InChI=1S/C48H30N6O/c1-5-15-33-29(11-1)25-26-49-47(33)46-44(40-23-21-30-12-2-7-17-37(30)50-40)36(43-24-22-31-13-4-10-20-42(31)55-43)28-35(41-27-32-14-3-8-18-38(32)51-53-41)45(46)48-34-16-6-9-19-39(34)52-54-48/h1-28,43H,(H,52,54). The number of hydrogen-bond acceptors (Lipinski definition) is 6. The number of nitrogens with zero attached hydrogens (tertiary/aromatic N) is 5. The number of aromatic nitrogens is 6. The Labute approximate surface area is 315 Å². The number of pyridine rings is 2. The van der Waals surface area contributed by atoms with Gasteiger partial charge in [-0.15, -0.1) is 10.2 Å². The summed E-state index contributed by atoms with van der Waals surface area (Å²) in [5, 5.41) is 23.1. The number of rotatable bonds is 5. The summed E-state index contributed by atoms with van der Waals surface area (Å²) in [6, 6.07) is 51.6. The van der Waals surface area contributed by atoms with Crippen LogP contribution in [0, 0.1) is 0 Å². The molecule has 0 spiro atoms. The highest BCUT2D eigenvalue weighted by Gasteiger charge is 2.32. The zero-order chi connectivity index (χ0) is 36.3. The Balaban J connectivity index is 1.35. The molecule has 0 fully saturated rings. The van der Waals surface area contributed by atoms with Gasteiger partial charge in [0.15, 0.2) is 0 Å². The van der Waals surface area contributed by atoms with Crippen LogP contribution in [0.5, 0.6) is 5.75 Å². The lowest BCUT2D eigenvalue weighted by Crippen LogP contribution is -2.13. The average Bonchev–Trinajstić information content (AvgIpc) is 3.69. The van der Waals surface area contributed by atoms with Crippen molar-refractivity contribution >= 4 is 49.6 Å². The van der Waals surface area contributed by atoms with Crippen molar-refractivity contribution in [3.05, 3.63) is 175 Å². The van der Waals surface area contributed by atoms with Gasteiger partial charge >= 0.3 is 0 Å². The van der Waals surface area contributed by atoms with E-state index in [-0.39, 0.29) is 0 Å². The van der Waals surface area contributed by atoms with Crippen LogP contribution < -0.4 is 4.74 Å². The van der Waals surface area contributed by atoms with Gasteiger partial charge in [-0.3, -0.25) is 10.1 Å². The molecule has 1 aliphatic rings. The molecule has 11 rings (SSSR count). The lowest BCUT2D eigenvalue weighted by Gasteiger charge is -2.28. The first kappa shape index (κ1) is 31.1. The van der Waals surface area contributed by atoms with Crippen molar-refractivity contribution in [1.82, 2.24) is 30.4 Å². The van der Waals surface area contributed by atoms with E-state index in [4.69, 9.17) is 30.0 Å². The number of benzene rings is 6. The minimum atomic E-state index is -0.468. The van der Waals surface area contributed by atoms with Crippen LogP contribution in [0.1, 0.15) is 17.2 Å². The zero-order valence-electron chi connectivity index (χ0n) is 29.4. The normalized spacial score (nSPS) is 13.7. The van der Waals surface area contributed by atoms with Crippen LogP contribution >= 0.6 is 0 Å². The number of aromatic amines is 1. The molecule has 1 N–H and O–H groups in total. The summed E-state index contributed by atoms with van der Waals surface area (Å²) in [4.78, 5) is 10.6. The molecular weight excluding hydrogens is 677 g/mol. The fourth-order valence-corrected chi connectivity index (χ4v) is 7.94. The molecule has 5 heterocycles. The molecule has 7 heteroatoms. The fourth-order valence-electron chi connectivity index (χ4n) is 7.94. The smallest absolute Gasteiger partial charge is 0.143 e. The molecule has 10 aromatic rings. The minimum absolute atomic E-state index is 0.468. The molecule has 1 aliphatic heterocycles. The quantitative estimate of drug-likeness (QED) is 0.192. The molecule has 1 unspecified atom stereocenters. The lowest BCUT2D eigenvalue weighted by molar-refractivity contribution is 0.252. The van der Waals surface area contributed by atoms with Crippen LogP contribution in [-0.2, 0) is 0 Å². The predicted molar refractivity (Wildman–Crippen MR) is 220 cm³/mol. The Morgan fingerprint density at radius 2 is 1.31 bits per heavy atom. The highest BCUT2D eigenvalue weighted by Crippen LogP contribution is 2.51. The molecule has 7 nitrogen and oxygen atoms in total. The topological polar surface area (TPSA) is 89.5 Å². The average molecular weight is 707 g/mol. The van der Waals surface area contributed by atoms with E-state index in [1.54, 1.807) is 0 Å². The first-order valence-electron chi connectivity index (χ1n) is 18.3. The number of ether oxygens (including phenoxy) is 1. The van der Waals surface area contributed by atoms with Crippen LogP contribution in [-0.4, -0.2) is 30.4 Å². The van der Waals surface area contributed by atoms with Gasteiger partial charge in [-0.25, -0.2) is 4.98 Å². The fraction of sp³-hybridized carbons (Fsp3) is 0.0208. The molecule has 0 aliphatic carbocycles. The molecule has 55 heavy (non-hydrogen) atoms. The second-order valence-electron chi connectivity index (χ2n) is 13.7. The van der Waals surface area contributed by atoms with Crippen molar-refractivity contribution in [3.8, 4) is 50.8 Å². The Morgan fingerprint density at radius 1 is 0.545 bits per heavy atom. The van der Waals surface area contributed by atoms with E-state index in [0.29, 0.717) is 5.69 Å². The Kier molecular flexibility index (Phi) is 7.10. The van der Waals surface area contributed by atoms with E-state index in [9.17, 15) is 0 Å². The summed E-state index contributed by atoms with van der Waals surface area (Å²) in [5.74, 6) is 0.812. The van der Waals surface area contributed by atoms with Crippen LogP contribution in [0.4, 0.5) is 0 Å². The molecular formula is C48H30N6O. The Morgan fingerprint density at radius 3 is 2.24 bits per heavy atom. The van der Waals surface area contributed by atoms with Gasteiger partial charge in [0.1, 0.15) is 17.5 Å². The van der Waals surface area contributed by atoms with Crippen molar-refractivity contribution in [1.29, 1.82) is 0 Å². The number of hydrogen-bond donors (Lipinski definition) is 1. The van der Waals surface area contributed by atoms with Crippen molar-refractivity contribution in [2.24, 2.45) is 0 Å². The van der Waals surface area contributed by atoms with E-state index in [0.717, 1.165) is 99.7 Å². The minimum Gasteiger partial charge on any atom is -0.481 e. The monoisotopic (exact) mass is 706 g/mol. The molecule has 0 saturated carbocycles. The van der Waals surface area contributed by atoms with E-state index in [2.05, 4.69) is 108 Å². The molecule has 0 bridgehead atoms. The molecule has 1 atom stereocenters. The predicted octanol–water partition coefficient (Wildman–Crippen LogP) is 11.4. The zero-order valence-corrected chi connectivity index (χ0v) is 29.4. The molecule has 0 saturated heterocycles. The summed E-state index contributed by atoms with van der Waals surface area (Å²) in [5.41, 5.74) is 11.2. The van der Waals surface area contributed by atoms with Crippen LogP contribution in [0.15, 0.2) is 164 Å². The van der Waals surface area contributed by atoms with Gasteiger partial charge in [0.25, 0.3) is 0 Å². The van der Waals surface area contributed by atoms with E-state index in [1.165, 1.54) is 0 Å². The third-order valence-electron chi connectivity index (χ3n) is 10.5. The number of para-hydroxylation sites is 3. The van der Waals surface area contributed by atoms with Gasteiger partial charge in [0.2, 0.25) is 0 Å². The maximum absolute atomic E-state index is 6.92. The van der Waals surface area contributed by atoms with Crippen molar-refractivity contribution in [3.63, 3.8) is 0 Å². The lowest BCUT2D eigenvalue weighted by atomic mass is 9.81. The van der Waals surface area contributed by atoms with Gasteiger partial charge in [-0.05, 0) is 60.0 Å². The first-order valence-corrected chi connectivity index (χ1v) is 18.3. The Hall–Kier alpha value is -7.51. The van der Waals surface area contributed by atoms with Gasteiger partial charge in [-0.2, -0.15) is 5.10 Å². The number of H-pyrrole nitrogens is 1. The van der Waals surface area contributed by atoms with Gasteiger partial charge < -0.3 is 4.74 Å². The van der Waals surface area contributed by atoms with Crippen molar-refractivity contribution in [2.75, 3.05) is 0 Å². The van der Waals surface area contributed by atoms with Crippen molar-refractivity contribution in [2.45, 2.75) is 6.10 Å². The molecule has 6 aromatic carbocycles. The SMILES string of the molecule is C1=CC(c2cc(-c3cc4ccccc4nn3)c(-c3n[nH]c4ccccc34)c(-c3nccc4ccccc34)c2-c2ccc3ccccc3n2)Oc2ccccc21. The van der Waals surface area contributed by atoms with E-state index >= 15 is 0 Å². The highest BCUT2D eigenvalue weighted by molar-refractivity contribution is 6.11. The highest BCUT2D eigenvalue weighted by atomic mass is 16.5. The van der Waals surface area contributed by atoms with E-state index in [1.807, 2.05) is 66.9 Å². The molecule has 258 valence electrons. The maximum atomic E-state index is 6.92. The van der Waals surface area contributed by atoms with Gasteiger partial charge in [-0.1, -0.05) is 109 Å². The van der Waals surface area contributed by atoms with Gasteiger partial charge in [0.05, 0.1) is 33.6 Å². The maximum Gasteiger partial charge on any atom is 0.143 e. The third-order valence-corrected chi connectivity index (χ3v) is 10.5. The third kappa shape index (κ3) is 5.16. The summed E-state index contributed by atoms with van der Waals surface area (Å²) in [6.45, 7) is 0. The molecule has 0 amide bonds. The van der Waals surface area contributed by atoms with Gasteiger partial charge in [0, 0.05) is 61.1 Å². The van der Waals surface area contributed by atoms with Crippen LogP contribution in [0.25, 0.3) is 94.6 Å². The van der Waals surface area contributed by atoms with Crippen LogP contribution in [0.2, 0.25) is 0 Å². The first-order chi connectivity index (χ1) is 27.3. The molecule has 0 radical (unpaired) electrons. The van der Waals surface area contributed by atoms with E-state index < -0.39 is 6.10 Å². The second-order valence-corrected chi connectivity index (χ2v) is 13.7. The number of nitrogens with one attached hydrogen (secondary N) is 1. The van der Waals surface area contributed by atoms with Crippen LogP contribution in [0.3, 0.4) is 0 Å². The van der Waals surface area contributed by atoms with Crippen molar-refractivity contribution < 1.29 is 4.74 Å². The second kappa shape index (κ2) is 12.6. The summed E-state index contributed by atoms with van der Waals surface area (Å²) < 4.78 is 6.92. The largest absolute Gasteiger partial charge is 0.481 e. The summed E-state index contributed by atoms with van der Waals surface area (Å²) >= 11 is 0. The summed E-state index contributed by atoms with van der Waals surface area (Å²) in [7, 11) is 0.